The average Bonchev–Trinajstić information content (AvgIpc) is 2.81. The van der Waals surface area contributed by atoms with E-state index < -0.39 is 0 Å². The molecule has 1 atom stereocenters. The number of nitrogens with zero attached hydrogens (tertiary/aromatic N) is 3. The molecule has 2 fully saturated rings. The Balaban J connectivity index is 0.00000341. The van der Waals surface area contributed by atoms with Crippen molar-refractivity contribution in [1.82, 2.24) is 20.4 Å². The van der Waals surface area contributed by atoms with Gasteiger partial charge in [0.05, 0.1) is 32.9 Å². The molecule has 7 nitrogen and oxygen atoms in total. The van der Waals surface area contributed by atoms with Crippen LogP contribution in [0.15, 0.2) is 29.3 Å². The van der Waals surface area contributed by atoms with Crippen LogP contribution in [0.4, 0.5) is 0 Å². The first kappa shape index (κ1) is 26.2. The van der Waals surface area contributed by atoms with Crippen molar-refractivity contribution in [2.75, 3.05) is 72.7 Å². The third-order valence-corrected chi connectivity index (χ3v) is 5.92. The van der Waals surface area contributed by atoms with Gasteiger partial charge in [0.2, 0.25) is 0 Å². The van der Waals surface area contributed by atoms with Crippen molar-refractivity contribution >= 4 is 29.9 Å². The van der Waals surface area contributed by atoms with E-state index in [1.807, 2.05) is 0 Å². The molecule has 3 rings (SSSR count). The Morgan fingerprint density at radius 3 is 2.42 bits per heavy atom. The maximum atomic E-state index is 5.43. The number of ether oxygens (including phenoxy) is 2. The van der Waals surface area contributed by atoms with Crippen LogP contribution in [0.25, 0.3) is 0 Å². The first-order chi connectivity index (χ1) is 14.8. The lowest BCUT2D eigenvalue weighted by Gasteiger charge is -2.34. The maximum Gasteiger partial charge on any atom is 0.191 e. The summed E-state index contributed by atoms with van der Waals surface area (Å²) in [5, 5.41) is 6.92. The highest BCUT2D eigenvalue weighted by atomic mass is 127. The Morgan fingerprint density at radius 2 is 1.77 bits per heavy atom. The van der Waals surface area contributed by atoms with Crippen LogP contribution in [0.3, 0.4) is 0 Å². The lowest BCUT2D eigenvalue weighted by molar-refractivity contribution is 0.0389. The van der Waals surface area contributed by atoms with Gasteiger partial charge in [-0.2, -0.15) is 0 Å². The van der Waals surface area contributed by atoms with Gasteiger partial charge in [-0.25, -0.2) is 0 Å². The summed E-state index contributed by atoms with van der Waals surface area (Å²) in [5.74, 6) is 1.80. The van der Waals surface area contributed by atoms with Crippen molar-refractivity contribution in [2.24, 2.45) is 4.99 Å². The number of benzene rings is 1. The quantitative estimate of drug-likeness (QED) is 0.283. The largest absolute Gasteiger partial charge is 0.497 e. The summed E-state index contributed by atoms with van der Waals surface area (Å²) in [7, 11) is 1.71. The molecule has 0 radical (unpaired) electrons. The van der Waals surface area contributed by atoms with Crippen LogP contribution >= 0.6 is 24.0 Å². The third-order valence-electron chi connectivity index (χ3n) is 5.92. The summed E-state index contributed by atoms with van der Waals surface area (Å²) in [6.45, 7) is 11.6. The highest BCUT2D eigenvalue weighted by Crippen LogP contribution is 2.26. The lowest BCUT2D eigenvalue weighted by Crippen LogP contribution is -2.44. The van der Waals surface area contributed by atoms with Gasteiger partial charge < -0.3 is 20.1 Å². The SMILES string of the molecule is CCNC(=NCC(c1ccc(OC)cc1)N1CCCCC1)NCCN1CCOCC1.I. The minimum absolute atomic E-state index is 0. The van der Waals surface area contributed by atoms with E-state index in [0.29, 0.717) is 6.04 Å². The Bertz CT molecular complexity index is 631. The van der Waals surface area contributed by atoms with Gasteiger partial charge in [0, 0.05) is 32.7 Å². The van der Waals surface area contributed by atoms with Crippen LogP contribution in [0.2, 0.25) is 0 Å². The monoisotopic (exact) mass is 545 g/mol. The number of morpholine rings is 1. The number of nitrogens with one attached hydrogen (secondary N) is 2. The van der Waals surface area contributed by atoms with Crippen LogP contribution in [0, 0.1) is 0 Å². The molecule has 0 saturated carbocycles. The number of methoxy groups -OCH3 is 1. The number of aliphatic imine (C=N–C) groups is 1. The number of likely N-dealkylation sites (tertiary alicyclic amines) is 1. The zero-order chi connectivity index (χ0) is 21.0. The summed E-state index contributed by atoms with van der Waals surface area (Å²) in [6, 6.07) is 8.79. The number of guanidine groups is 1. The van der Waals surface area contributed by atoms with Gasteiger partial charge in [-0.15, -0.1) is 24.0 Å². The maximum absolute atomic E-state index is 5.43. The predicted octanol–water partition coefficient (Wildman–Crippen LogP) is 2.73. The average molecular weight is 546 g/mol. The van der Waals surface area contributed by atoms with Gasteiger partial charge in [0.15, 0.2) is 5.96 Å². The summed E-state index contributed by atoms with van der Waals surface area (Å²) >= 11 is 0. The van der Waals surface area contributed by atoms with Crippen molar-refractivity contribution in [3.05, 3.63) is 29.8 Å². The Labute approximate surface area is 205 Å². The van der Waals surface area contributed by atoms with Gasteiger partial charge in [0.25, 0.3) is 0 Å². The van der Waals surface area contributed by atoms with Crippen molar-refractivity contribution in [2.45, 2.75) is 32.2 Å². The first-order valence-electron chi connectivity index (χ1n) is 11.5. The van der Waals surface area contributed by atoms with E-state index in [0.717, 1.165) is 77.3 Å². The summed E-state index contributed by atoms with van der Waals surface area (Å²) in [5.41, 5.74) is 1.31. The number of rotatable bonds is 9. The highest BCUT2D eigenvalue weighted by Gasteiger charge is 2.22. The second kappa shape index (κ2) is 14.9. The standard InChI is InChI=1S/C23H39N5O2.HI/c1-3-24-23(25-11-14-27-15-17-30-18-16-27)26-19-22(28-12-5-4-6-13-28)20-7-9-21(29-2)10-8-20;/h7-10,22H,3-6,11-19H2,1-2H3,(H2,24,25,26);1H. The molecule has 0 aliphatic carbocycles. The van der Waals surface area contributed by atoms with E-state index in [2.05, 4.69) is 51.6 Å². The minimum Gasteiger partial charge on any atom is -0.497 e. The van der Waals surface area contributed by atoms with Crippen molar-refractivity contribution in [3.63, 3.8) is 0 Å². The molecule has 0 amide bonds. The van der Waals surface area contributed by atoms with E-state index >= 15 is 0 Å². The fraction of sp³-hybridized carbons (Fsp3) is 0.696. The van der Waals surface area contributed by atoms with Crippen LogP contribution in [-0.2, 0) is 4.74 Å². The Hall–Kier alpha value is -1.10. The van der Waals surface area contributed by atoms with Crippen molar-refractivity contribution in [1.29, 1.82) is 0 Å². The zero-order valence-electron chi connectivity index (χ0n) is 19.1. The van der Waals surface area contributed by atoms with E-state index in [9.17, 15) is 0 Å². The Kier molecular flexibility index (Phi) is 12.5. The second-order valence-electron chi connectivity index (χ2n) is 7.99. The van der Waals surface area contributed by atoms with Crippen molar-refractivity contribution in [3.8, 4) is 5.75 Å². The van der Waals surface area contributed by atoms with E-state index in [1.54, 1.807) is 7.11 Å². The summed E-state index contributed by atoms with van der Waals surface area (Å²) in [4.78, 5) is 10.00. The van der Waals surface area contributed by atoms with Gasteiger partial charge in [-0.3, -0.25) is 14.8 Å². The zero-order valence-corrected chi connectivity index (χ0v) is 21.5. The fourth-order valence-corrected chi connectivity index (χ4v) is 4.16. The smallest absolute Gasteiger partial charge is 0.191 e. The van der Waals surface area contributed by atoms with Gasteiger partial charge in [-0.05, 0) is 50.6 Å². The van der Waals surface area contributed by atoms with E-state index in [-0.39, 0.29) is 24.0 Å². The number of hydrogen-bond donors (Lipinski definition) is 2. The first-order valence-corrected chi connectivity index (χ1v) is 11.5. The van der Waals surface area contributed by atoms with Crippen LogP contribution in [0.5, 0.6) is 5.75 Å². The number of hydrogen-bond acceptors (Lipinski definition) is 5. The van der Waals surface area contributed by atoms with Gasteiger partial charge in [-0.1, -0.05) is 18.6 Å². The summed E-state index contributed by atoms with van der Waals surface area (Å²) < 4.78 is 10.8. The molecular formula is C23H40IN5O2. The summed E-state index contributed by atoms with van der Waals surface area (Å²) in [6.07, 6.45) is 3.88. The minimum atomic E-state index is 0. The lowest BCUT2D eigenvalue weighted by atomic mass is 10.0. The van der Waals surface area contributed by atoms with Gasteiger partial charge in [0.1, 0.15) is 5.75 Å². The highest BCUT2D eigenvalue weighted by molar-refractivity contribution is 14.0. The molecule has 1 aromatic carbocycles. The molecule has 2 aliphatic heterocycles. The van der Waals surface area contributed by atoms with E-state index in [4.69, 9.17) is 14.5 Å². The van der Waals surface area contributed by atoms with Crippen LogP contribution < -0.4 is 15.4 Å². The van der Waals surface area contributed by atoms with E-state index in [1.165, 1.54) is 24.8 Å². The fourth-order valence-electron chi connectivity index (χ4n) is 4.16. The topological polar surface area (TPSA) is 61.4 Å². The molecule has 8 heteroatoms. The van der Waals surface area contributed by atoms with Crippen molar-refractivity contribution < 1.29 is 9.47 Å². The molecule has 0 spiro atoms. The number of piperidine rings is 1. The third kappa shape index (κ3) is 8.75. The molecule has 2 heterocycles. The van der Waals surface area contributed by atoms with Crippen LogP contribution in [-0.4, -0.2) is 88.4 Å². The normalized spacial score (nSPS) is 19.4. The molecule has 1 unspecified atom stereocenters. The molecule has 176 valence electrons. The molecule has 2 N–H and O–H groups in total. The molecule has 1 aromatic rings. The molecule has 2 saturated heterocycles. The molecule has 0 bridgehead atoms. The Morgan fingerprint density at radius 1 is 1.06 bits per heavy atom. The van der Waals surface area contributed by atoms with Gasteiger partial charge >= 0.3 is 0 Å². The molecule has 31 heavy (non-hydrogen) atoms. The second-order valence-corrected chi connectivity index (χ2v) is 7.99. The molecule has 0 aromatic heterocycles. The molecule has 2 aliphatic rings. The van der Waals surface area contributed by atoms with Crippen LogP contribution in [0.1, 0.15) is 37.8 Å². The number of halogens is 1. The predicted molar refractivity (Wildman–Crippen MR) is 138 cm³/mol. The molecular weight excluding hydrogens is 505 g/mol.